The average molecular weight is 353 g/mol. The number of carbonyl (C=O) groups is 3. The Morgan fingerprint density at radius 3 is 2.40 bits per heavy atom. The highest BCUT2D eigenvalue weighted by Crippen LogP contribution is 2.20. The smallest absolute Gasteiger partial charge is 0.256 e. The molecule has 1 aliphatic rings. The van der Waals surface area contributed by atoms with Gasteiger partial charge in [0.15, 0.2) is 0 Å². The molecule has 0 radical (unpaired) electrons. The molecule has 8 heteroatoms. The van der Waals surface area contributed by atoms with Gasteiger partial charge in [0, 0.05) is 39.2 Å². The van der Waals surface area contributed by atoms with Gasteiger partial charge in [0.1, 0.15) is 11.6 Å². The molecule has 1 saturated heterocycles. The molecular formula is C17H21F2N3O3. The van der Waals surface area contributed by atoms with Gasteiger partial charge >= 0.3 is 0 Å². The Hall–Kier alpha value is -2.51. The maximum absolute atomic E-state index is 13.7. The lowest BCUT2D eigenvalue weighted by molar-refractivity contribution is -0.132. The van der Waals surface area contributed by atoms with E-state index in [4.69, 9.17) is 0 Å². The Bertz CT molecular complexity index is 671. The number of likely N-dealkylation sites (N-methyl/N-ethyl adjacent to an activating group) is 1. The van der Waals surface area contributed by atoms with Crippen molar-refractivity contribution in [2.75, 3.05) is 33.7 Å². The lowest BCUT2D eigenvalue weighted by atomic mass is 9.95. The molecule has 1 aromatic carbocycles. The SMILES string of the molecule is CN(C)C(=O)CNC(=O)C1CCN(C(=O)c2ccc(F)cc2F)CC1. The molecule has 1 fully saturated rings. The van der Waals surface area contributed by atoms with E-state index in [1.54, 1.807) is 14.1 Å². The first-order chi connectivity index (χ1) is 11.8. The normalized spacial score (nSPS) is 15.0. The van der Waals surface area contributed by atoms with Gasteiger partial charge in [-0.2, -0.15) is 0 Å². The van der Waals surface area contributed by atoms with Crippen molar-refractivity contribution in [3.63, 3.8) is 0 Å². The minimum absolute atomic E-state index is 0.0637. The molecule has 0 atom stereocenters. The summed E-state index contributed by atoms with van der Waals surface area (Å²) in [7, 11) is 3.21. The molecule has 1 aliphatic heterocycles. The number of carbonyl (C=O) groups excluding carboxylic acids is 3. The standard InChI is InChI=1S/C17H21F2N3O3/c1-21(2)15(23)10-20-16(24)11-5-7-22(8-6-11)17(25)13-4-3-12(18)9-14(13)19/h3-4,9,11H,5-8,10H2,1-2H3,(H,20,24). The van der Waals surface area contributed by atoms with Crippen LogP contribution in [-0.4, -0.2) is 61.3 Å². The number of nitrogens with one attached hydrogen (secondary N) is 1. The van der Waals surface area contributed by atoms with E-state index in [2.05, 4.69) is 5.32 Å². The van der Waals surface area contributed by atoms with Crippen LogP contribution < -0.4 is 5.32 Å². The lowest BCUT2D eigenvalue weighted by Crippen LogP contribution is -2.45. The van der Waals surface area contributed by atoms with Crippen molar-refractivity contribution in [1.29, 1.82) is 0 Å². The largest absolute Gasteiger partial charge is 0.347 e. The van der Waals surface area contributed by atoms with Gasteiger partial charge in [0.25, 0.3) is 5.91 Å². The van der Waals surface area contributed by atoms with E-state index in [9.17, 15) is 23.2 Å². The molecule has 0 aromatic heterocycles. The van der Waals surface area contributed by atoms with Gasteiger partial charge in [-0.1, -0.05) is 0 Å². The van der Waals surface area contributed by atoms with E-state index in [1.165, 1.54) is 9.80 Å². The van der Waals surface area contributed by atoms with Crippen LogP contribution in [0.15, 0.2) is 18.2 Å². The quantitative estimate of drug-likeness (QED) is 0.879. The number of piperidine rings is 1. The fourth-order valence-electron chi connectivity index (χ4n) is 2.64. The summed E-state index contributed by atoms with van der Waals surface area (Å²) < 4.78 is 26.7. The summed E-state index contributed by atoms with van der Waals surface area (Å²) in [6, 6.07) is 2.84. The highest BCUT2D eigenvalue weighted by atomic mass is 19.1. The van der Waals surface area contributed by atoms with Crippen molar-refractivity contribution in [3.05, 3.63) is 35.4 Å². The minimum atomic E-state index is -0.896. The van der Waals surface area contributed by atoms with E-state index in [1.807, 2.05) is 0 Å². The van der Waals surface area contributed by atoms with Crippen LogP contribution in [0.3, 0.4) is 0 Å². The number of benzene rings is 1. The fraction of sp³-hybridized carbons (Fsp3) is 0.471. The maximum Gasteiger partial charge on any atom is 0.256 e. The summed E-state index contributed by atoms with van der Waals surface area (Å²) in [6.45, 7) is 0.538. The first-order valence-corrected chi connectivity index (χ1v) is 8.01. The van der Waals surface area contributed by atoms with Crippen LogP contribution in [0.5, 0.6) is 0 Å². The zero-order valence-corrected chi connectivity index (χ0v) is 14.2. The zero-order valence-electron chi connectivity index (χ0n) is 14.2. The van der Waals surface area contributed by atoms with Crippen molar-refractivity contribution in [1.82, 2.24) is 15.1 Å². The van der Waals surface area contributed by atoms with Crippen LogP contribution in [0.2, 0.25) is 0 Å². The summed E-state index contributed by atoms with van der Waals surface area (Å²) in [6.07, 6.45) is 0.854. The molecule has 0 unspecified atom stereocenters. The van der Waals surface area contributed by atoms with Gasteiger partial charge in [0.2, 0.25) is 11.8 Å². The molecule has 1 N–H and O–H groups in total. The minimum Gasteiger partial charge on any atom is -0.347 e. The predicted molar refractivity (Wildman–Crippen MR) is 86.7 cm³/mol. The molecular weight excluding hydrogens is 332 g/mol. The Morgan fingerprint density at radius 1 is 1.20 bits per heavy atom. The fourth-order valence-corrected chi connectivity index (χ4v) is 2.64. The monoisotopic (exact) mass is 353 g/mol. The van der Waals surface area contributed by atoms with Gasteiger partial charge < -0.3 is 15.1 Å². The molecule has 0 spiro atoms. The molecule has 1 heterocycles. The van der Waals surface area contributed by atoms with Gasteiger partial charge in [0.05, 0.1) is 12.1 Å². The molecule has 2 rings (SSSR count). The van der Waals surface area contributed by atoms with Crippen molar-refractivity contribution < 1.29 is 23.2 Å². The number of likely N-dealkylation sites (tertiary alicyclic amines) is 1. The number of hydrogen-bond donors (Lipinski definition) is 1. The number of amides is 3. The third kappa shape index (κ3) is 4.74. The Balaban J connectivity index is 1.87. The number of hydrogen-bond acceptors (Lipinski definition) is 3. The molecule has 25 heavy (non-hydrogen) atoms. The second-order valence-electron chi connectivity index (χ2n) is 6.20. The predicted octanol–water partition coefficient (Wildman–Crippen LogP) is 1.02. The number of nitrogens with zero attached hydrogens (tertiary/aromatic N) is 2. The first kappa shape index (κ1) is 18.8. The summed E-state index contributed by atoms with van der Waals surface area (Å²) in [5, 5.41) is 2.59. The molecule has 6 nitrogen and oxygen atoms in total. The van der Waals surface area contributed by atoms with Crippen LogP contribution in [0.4, 0.5) is 8.78 Å². The molecule has 0 aliphatic carbocycles. The summed E-state index contributed by atoms with van der Waals surface area (Å²) in [5.74, 6) is -2.87. The molecule has 0 bridgehead atoms. The second-order valence-corrected chi connectivity index (χ2v) is 6.20. The number of halogens is 2. The molecule has 1 aromatic rings. The van der Waals surface area contributed by atoms with Crippen LogP contribution in [0.25, 0.3) is 0 Å². The van der Waals surface area contributed by atoms with Crippen molar-refractivity contribution in [3.8, 4) is 0 Å². The molecule has 3 amide bonds. The van der Waals surface area contributed by atoms with Gasteiger partial charge in [-0.3, -0.25) is 14.4 Å². The van der Waals surface area contributed by atoms with Crippen molar-refractivity contribution in [2.24, 2.45) is 5.92 Å². The number of rotatable bonds is 4. The van der Waals surface area contributed by atoms with E-state index >= 15 is 0 Å². The topological polar surface area (TPSA) is 69.7 Å². The van der Waals surface area contributed by atoms with E-state index < -0.39 is 17.5 Å². The highest BCUT2D eigenvalue weighted by molar-refractivity contribution is 5.94. The molecule has 0 saturated carbocycles. The third-order valence-electron chi connectivity index (χ3n) is 4.23. The van der Waals surface area contributed by atoms with Crippen molar-refractivity contribution in [2.45, 2.75) is 12.8 Å². The molecule has 136 valence electrons. The van der Waals surface area contributed by atoms with Crippen molar-refractivity contribution >= 4 is 17.7 Å². The van der Waals surface area contributed by atoms with Crippen LogP contribution in [0, 0.1) is 17.6 Å². The Labute approximate surface area is 144 Å². The summed E-state index contributed by atoms with van der Waals surface area (Å²) >= 11 is 0. The lowest BCUT2D eigenvalue weighted by Gasteiger charge is -2.31. The second kappa shape index (κ2) is 8.04. The van der Waals surface area contributed by atoms with E-state index in [-0.39, 0.29) is 29.8 Å². The van der Waals surface area contributed by atoms with E-state index in [0.717, 1.165) is 12.1 Å². The van der Waals surface area contributed by atoms with Gasteiger partial charge in [-0.05, 0) is 25.0 Å². The first-order valence-electron chi connectivity index (χ1n) is 8.01. The highest BCUT2D eigenvalue weighted by Gasteiger charge is 2.29. The average Bonchev–Trinajstić information content (AvgIpc) is 2.58. The Morgan fingerprint density at radius 2 is 1.84 bits per heavy atom. The Kier molecular flexibility index (Phi) is 6.06. The van der Waals surface area contributed by atoms with Gasteiger partial charge in [-0.15, -0.1) is 0 Å². The zero-order chi connectivity index (χ0) is 18.6. The van der Waals surface area contributed by atoms with Crippen LogP contribution in [0.1, 0.15) is 23.2 Å². The summed E-state index contributed by atoms with van der Waals surface area (Å²) in [5.41, 5.74) is -0.180. The van der Waals surface area contributed by atoms with Crippen LogP contribution in [-0.2, 0) is 9.59 Å². The summed E-state index contributed by atoms with van der Waals surface area (Å²) in [4.78, 5) is 38.7. The maximum atomic E-state index is 13.7. The van der Waals surface area contributed by atoms with Gasteiger partial charge in [-0.25, -0.2) is 8.78 Å². The van der Waals surface area contributed by atoms with Crippen LogP contribution >= 0.6 is 0 Å². The van der Waals surface area contributed by atoms with E-state index in [0.29, 0.717) is 32.0 Å². The third-order valence-corrected chi connectivity index (χ3v) is 4.23.